The molecule has 26 heavy (non-hydrogen) atoms. The summed E-state index contributed by atoms with van der Waals surface area (Å²) >= 11 is 0. The van der Waals surface area contributed by atoms with Crippen LogP contribution in [-0.2, 0) is 20.7 Å². The van der Waals surface area contributed by atoms with E-state index in [4.69, 9.17) is 4.74 Å². The lowest BCUT2D eigenvalue weighted by Crippen LogP contribution is -2.42. The summed E-state index contributed by atoms with van der Waals surface area (Å²) in [5, 5.41) is 3.71. The van der Waals surface area contributed by atoms with E-state index in [2.05, 4.69) is 15.3 Å². The number of fused-ring (bicyclic) bond motifs is 1. The smallest absolute Gasteiger partial charge is 0.328 e. The van der Waals surface area contributed by atoms with E-state index in [0.717, 1.165) is 16.5 Å². The third-order valence-corrected chi connectivity index (χ3v) is 3.99. The van der Waals surface area contributed by atoms with Crippen molar-refractivity contribution < 1.29 is 14.3 Å². The molecular formula is C20H19N3O3. The summed E-state index contributed by atoms with van der Waals surface area (Å²) in [6.45, 7) is 0. The fraction of sp³-hybridized carbons (Fsp3) is 0.150. The van der Waals surface area contributed by atoms with Crippen molar-refractivity contribution in [2.45, 2.75) is 12.5 Å². The summed E-state index contributed by atoms with van der Waals surface area (Å²) in [6, 6.07) is 12.4. The Morgan fingerprint density at radius 3 is 2.81 bits per heavy atom. The van der Waals surface area contributed by atoms with Crippen molar-refractivity contribution in [3.05, 3.63) is 72.2 Å². The molecule has 0 unspecified atom stereocenters. The molecule has 0 aliphatic heterocycles. The summed E-state index contributed by atoms with van der Waals surface area (Å²) in [7, 11) is 1.31. The van der Waals surface area contributed by atoms with Crippen LogP contribution in [0.2, 0.25) is 0 Å². The number of ether oxygens (including phenoxy) is 1. The normalized spacial score (nSPS) is 12.2. The first-order chi connectivity index (χ1) is 12.7. The lowest BCUT2D eigenvalue weighted by atomic mass is 10.0. The summed E-state index contributed by atoms with van der Waals surface area (Å²) in [5.41, 5.74) is 2.58. The van der Waals surface area contributed by atoms with Gasteiger partial charge in [0.2, 0.25) is 5.91 Å². The number of carbonyl (C=O) groups is 2. The summed E-state index contributed by atoms with van der Waals surface area (Å²) < 4.78 is 4.84. The van der Waals surface area contributed by atoms with E-state index in [1.807, 2.05) is 36.5 Å². The van der Waals surface area contributed by atoms with Crippen LogP contribution in [0.5, 0.6) is 0 Å². The lowest BCUT2D eigenvalue weighted by molar-refractivity contribution is -0.144. The van der Waals surface area contributed by atoms with E-state index < -0.39 is 12.0 Å². The molecule has 1 aromatic carbocycles. The molecule has 2 aromatic heterocycles. The average molecular weight is 349 g/mol. The van der Waals surface area contributed by atoms with Crippen LogP contribution in [0.1, 0.15) is 11.3 Å². The van der Waals surface area contributed by atoms with Crippen LogP contribution >= 0.6 is 0 Å². The number of amides is 1. The molecule has 0 saturated carbocycles. The molecule has 0 saturated heterocycles. The topological polar surface area (TPSA) is 84.1 Å². The van der Waals surface area contributed by atoms with Crippen LogP contribution < -0.4 is 5.32 Å². The second-order valence-corrected chi connectivity index (χ2v) is 5.74. The van der Waals surface area contributed by atoms with Gasteiger partial charge in [0.05, 0.1) is 12.8 Å². The summed E-state index contributed by atoms with van der Waals surface area (Å²) in [6.07, 6.45) is 6.77. The van der Waals surface area contributed by atoms with Gasteiger partial charge in [-0.05, 0) is 29.8 Å². The molecule has 3 rings (SSSR count). The number of nitrogens with one attached hydrogen (secondary N) is 2. The molecular weight excluding hydrogens is 330 g/mol. The van der Waals surface area contributed by atoms with Crippen molar-refractivity contribution >= 4 is 28.9 Å². The number of para-hydroxylation sites is 1. The minimum absolute atomic E-state index is 0.333. The molecule has 0 aliphatic carbocycles. The van der Waals surface area contributed by atoms with Crippen molar-refractivity contribution in [2.75, 3.05) is 7.11 Å². The SMILES string of the molecule is COC(=O)[C@@H](Cc1c[nH]c2ccccc12)NC(=O)/C=C/c1ccccn1. The zero-order valence-electron chi connectivity index (χ0n) is 14.3. The van der Waals surface area contributed by atoms with Crippen molar-refractivity contribution in [1.82, 2.24) is 15.3 Å². The zero-order valence-corrected chi connectivity index (χ0v) is 14.3. The van der Waals surface area contributed by atoms with E-state index in [9.17, 15) is 9.59 Å². The number of hydrogen-bond donors (Lipinski definition) is 2. The number of H-pyrrole nitrogens is 1. The van der Waals surface area contributed by atoms with E-state index in [0.29, 0.717) is 12.1 Å². The van der Waals surface area contributed by atoms with Gasteiger partial charge in [-0.1, -0.05) is 24.3 Å². The molecule has 0 radical (unpaired) electrons. The molecule has 6 heteroatoms. The van der Waals surface area contributed by atoms with E-state index in [1.54, 1.807) is 24.4 Å². The summed E-state index contributed by atoms with van der Waals surface area (Å²) in [4.78, 5) is 31.6. The first kappa shape index (κ1) is 17.4. The molecule has 0 aliphatic rings. The Labute approximate surface area is 150 Å². The van der Waals surface area contributed by atoms with Crippen molar-refractivity contribution in [3.63, 3.8) is 0 Å². The highest BCUT2D eigenvalue weighted by molar-refractivity contribution is 5.94. The van der Waals surface area contributed by atoms with E-state index in [-0.39, 0.29) is 5.91 Å². The monoisotopic (exact) mass is 349 g/mol. The average Bonchev–Trinajstić information content (AvgIpc) is 3.09. The van der Waals surface area contributed by atoms with Gasteiger partial charge in [-0.2, -0.15) is 0 Å². The zero-order chi connectivity index (χ0) is 18.4. The van der Waals surface area contributed by atoms with Crippen molar-refractivity contribution in [1.29, 1.82) is 0 Å². The number of aromatic nitrogens is 2. The van der Waals surface area contributed by atoms with Crippen molar-refractivity contribution in [3.8, 4) is 0 Å². The van der Waals surface area contributed by atoms with Gasteiger partial charge >= 0.3 is 5.97 Å². The van der Waals surface area contributed by atoms with Crippen molar-refractivity contribution in [2.24, 2.45) is 0 Å². The molecule has 0 spiro atoms. The van der Waals surface area contributed by atoms with Gasteiger partial charge in [-0.25, -0.2) is 4.79 Å². The van der Waals surface area contributed by atoms with Crippen LogP contribution in [0.3, 0.4) is 0 Å². The first-order valence-corrected chi connectivity index (χ1v) is 8.20. The van der Waals surface area contributed by atoms with Crippen LogP contribution in [0.4, 0.5) is 0 Å². The molecule has 6 nitrogen and oxygen atoms in total. The van der Waals surface area contributed by atoms with Crippen LogP contribution in [0.15, 0.2) is 60.9 Å². The molecule has 1 atom stereocenters. The second kappa shape index (κ2) is 8.11. The Bertz CT molecular complexity index is 932. The van der Waals surface area contributed by atoms with Gasteiger partial charge in [0.15, 0.2) is 0 Å². The number of methoxy groups -OCH3 is 1. The number of nitrogens with zero attached hydrogens (tertiary/aromatic N) is 1. The number of benzene rings is 1. The van der Waals surface area contributed by atoms with Gasteiger partial charge in [0.25, 0.3) is 0 Å². The lowest BCUT2D eigenvalue weighted by Gasteiger charge is -2.15. The standard InChI is InChI=1S/C20H19N3O3/c1-26-20(25)18(12-14-13-22-17-8-3-2-7-16(14)17)23-19(24)10-9-15-6-4-5-11-21-15/h2-11,13,18,22H,12H2,1H3,(H,23,24)/b10-9+/t18-/m1/s1. The Morgan fingerprint density at radius 1 is 1.23 bits per heavy atom. The molecule has 3 aromatic rings. The van der Waals surface area contributed by atoms with Crippen LogP contribution in [-0.4, -0.2) is 35.0 Å². The van der Waals surface area contributed by atoms with E-state index in [1.165, 1.54) is 13.2 Å². The molecule has 2 N–H and O–H groups in total. The Hall–Kier alpha value is -3.41. The first-order valence-electron chi connectivity index (χ1n) is 8.20. The number of rotatable bonds is 6. The van der Waals surface area contributed by atoms with Gasteiger partial charge < -0.3 is 15.0 Å². The Balaban J connectivity index is 1.73. The quantitative estimate of drug-likeness (QED) is 0.529. The number of esters is 1. The number of aromatic amines is 1. The molecule has 0 fully saturated rings. The van der Waals surface area contributed by atoms with Gasteiger partial charge in [-0.3, -0.25) is 9.78 Å². The molecule has 0 bridgehead atoms. The van der Waals surface area contributed by atoms with E-state index >= 15 is 0 Å². The fourth-order valence-corrected chi connectivity index (χ4v) is 2.71. The van der Waals surface area contributed by atoms with Gasteiger partial charge in [-0.15, -0.1) is 0 Å². The number of pyridine rings is 1. The Kier molecular flexibility index (Phi) is 5.43. The van der Waals surface area contributed by atoms with Crippen LogP contribution in [0, 0.1) is 0 Å². The number of hydrogen-bond acceptors (Lipinski definition) is 4. The third-order valence-electron chi connectivity index (χ3n) is 3.99. The minimum atomic E-state index is -0.778. The highest BCUT2D eigenvalue weighted by Crippen LogP contribution is 2.19. The molecule has 2 heterocycles. The highest BCUT2D eigenvalue weighted by Gasteiger charge is 2.22. The molecule has 132 valence electrons. The maximum Gasteiger partial charge on any atom is 0.328 e. The fourth-order valence-electron chi connectivity index (χ4n) is 2.71. The van der Waals surface area contributed by atoms with Gasteiger partial charge in [0, 0.05) is 35.8 Å². The molecule has 1 amide bonds. The minimum Gasteiger partial charge on any atom is -0.467 e. The maximum absolute atomic E-state index is 12.2. The highest BCUT2D eigenvalue weighted by atomic mass is 16.5. The van der Waals surface area contributed by atoms with Crippen LogP contribution in [0.25, 0.3) is 17.0 Å². The predicted octanol–water partition coefficient (Wildman–Crippen LogP) is 2.48. The largest absolute Gasteiger partial charge is 0.467 e. The van der Waals surface area contributed by atoms with Gasteiger partial charge in [0.1, 0.15) is 6.04 Å². The maximum atomic E-state index is 12.2. The summed E-state index contributed by atoms with van der Waals surface area (Å²) in [5.74, 6) is -0.874. The second-order valence-electron chi connectivity index (χ2n) is 5.74. The predicted molar refractivity (Wildman–Crippen MR) is 99.2 cm³/mol. The Morgan fingerprint density at radius 2 is 2.04 bits per heavy atom. The number of carbonyl (C=O) groups excluding carboxylic acids is 2. The third kappa shape index (κ3) is 4.16.